The van der Waals surface area contributed by atoms with Gasteiger partial charge in [0.2, 0.25) is 0 Å². The molecular formula is C11H13BrO4. The largest absolute Gasteiger partial charge is 0.490 e. The molecule has 0 fully saturated rings. The molecule has 0 aliphatic rings. The van der Waals surface area contributed by atoms with Crippen molar-refractivity contribution in [2.75, 3.05) is 6.61 Å². The first-order valence-electron chi connectivity index (χ1n) is 4.67. The molecule has 0 amide bonds. The molecule has 2 N–H and O–H groups in total. The van der Waals surface area contributed by atoms with Gasteiger partial charge in [-0.3, -0.25) is 0 Å². The van der Waals surface area contributed by atoms with Crippen LogP contribution in [0.1, 0.15) is 12.5 Å². The normalized spacial score (nSPS) is 14.2. The third kappa shape index (κ3) is 3.21. The zero-order chi connectivity index (χ0) is 12.3. The Labute approximate surface area is 102 Å². The number of carboxylic acid groups (broad SMARTS) is 1. The summed E-state index contributed by atoms with van der Waals surface area (Å²) in [6.07, 6.45) is 0. The molecule has 0 bridgehead atoms. The Balaban J connectivity index is 2.72. The van der Waals surface area contributed by atoms with Crippen LogP contribution in [0.15, 0.2) is 22.7 Å². The van der Waals surface area contributed by atoms with E-state index in [1.165, 1.54) is 6.92 Å². The lowest BCUT2D eigenvalue weighted by molar-refractivity contribution is -0.159. The lowest BCUT2D eigenvalue weighted by atomic mass is 10.1. The number of carboxylic acids is 1. The van der Waals surface area contributed by atoms with Crippen molar-refractivity contribution < 1.29 is 19.7 Å². The molecule has 4 nitrogen and oxygen atoms in total. The fraction of sp³-hybridized carbons (Fsp3) is 0.364. The molecule has 1 aromatic carbocycles. The Morgan fingerprint density at radius 1 is 1.56 bits per heavy atom. The minimum Gasteiger partial charge on any atom is -0.490 e. The second kappa shape index (κ2) is 4.84. The highest BCUT2D eigenvalue weighted by Gasteiger charge is 2.31. The number of aliphatic carboxylic acids is 1. The fourth-order valence-corrected chi connectivity index (χ4v) is 1.53. The average molecular weight is 289 g/mol. The van der Waals surface area contributed by atoms with Crippen molar-refractivity contribution in [2.45, 2.75) is 19.4 Å². The molecule has 88 valence electrons. The standard InChI is InChI=1S/C11H13BrO4/c1-7-5-8(12)3-4-9(7)16-6-11(2,15)10(13)14/h3-5,15H,6H2,1-2H3,(H,13,14). The van der Waals surface area contributed by atoms with E-state index >= 15 is 0 Å². The van der Waals surface area contributed by atoms with E-state index in [0.29, 0.717) is 5.75 Å². The summed E-state index contributed by atoms with van der Waals surface area (Å²) in [5.41, 5.74) is -1.00. The minimum absolute atomic E-state index is 0.287. The maximum Gasteiger partial charge on any atom is 0.339 e. The minimum atomic E-state index is -1.88. The Morgan fingerprint density at radius 2 is 2.19 bits per heavy atom. The summed E-state index contributed by atoms with van der Waals surface area (Å²) in [4.78, 5) is 10.6. The van der Waals surface area contributed by atoms with Gasteiger partial charge in [-0.15, -0.1) is 0 Å². The summed E-state index contributed by atoms with van der Waals surface area (Å²) in [5, 5.41) is 18.2. The Hall–Kier alpha value is -1.07. The van der Waals surface area contributed by atoms with Crippen LogP contribution >= 0.6 is 15.9 Å². The maximum absolute atomic E-state index is 10.6. The average Bonchev–Trinajstić information content (AvgIpc) is 2.16. The number of halogens is 1. The van der Waals surface area contributed by atoms with E-state index in [1.54, 1.807) is 12.1 Å². The Kier molecular flexibility index (Phi) is 3.93. The van der Waals surface area contributed by atoms with Crippen molar-refractivity contribution in [3.63, 3.8) is 0 Å². The number of hydrogen-bond acceptors (Lipinski definition) is 3. The lowest BCUT2D eigenvalue weighted by Crippen LogP contribution is -2.41. The Bertz CT molecular complexity index is 401. The SMILES string of the molecule is Cc1cc(Br)ccc1OCC(C)(O)C(=O)O. The van der Waals surface area contributed by atoms with Gasteiger partial charge in [0, 0.05) is 4.47 Å². The lowest BCUT2D eigenvalue weighted by Gasteiger charge is -2.19. The van der Waals surface area contributed by atoms with Gasteiger partial charge in [-0.05, 0) is 37.6 Å². The number of aliphatic hydroxyl groups is 1. The van der Waals surface area contributed by atoms with Crippen LogP contribution in [0.5, 0.6) is 5.75 Å². The van der Waals surface area contributed by atoms with E-state index < -0.39 is 11.6 Å². The molecule has 16 heavy (non-hydrogen) atoms. The fourth-order valence-electron chi connectivity index (χ4n) is 1.05. The third-order valence-electron chi connectivity index (χ3n) is 2.11. The van der Waals surface area contributed by atoms with Gasteiger partial charge in [-0.1, -0.05) is 15.9 Å². The van der Waals surface area contributed by atoms with Crippen LogP contribution in [0, 0.1) is 6.92 Å². The van der Waals surface area contributed by atoms with Crippen molar-refractivity contribution in [2.24, 2.45) is 0 Å². The molecule has 1 aromatic rings. The molecule has 0 saturated carbocycles. The predicted octanol–water partition coefficient (Wildman–Crippen LogP) is 1.97. The van der Waals surface area contributed by atoms with Crippen LogP contribution in [0.25, 0.3) is 0 Å². The van der Waals surface area contributed by atoms with E-state index in [0.717, 1.165) is 10.0 Å². The van der Waals surface area contributed by atoms with Gasteiger partial charge < -0.3 is 14.9 Å². The van der Waals surface area contributed by atoms with E-state index in [2.05, 4.69) is 15.9 Å². The number of aryl methyl sites for hydroxylation is 1. The van der Waals surface area contributed by atoms with Gasteiger partial charge in [0.05, 0.1) is 0 Å². The zero-order valence-electron chi connectivity index (χ0n) is 9.03. The summed E-state index contributed by atoms with van der Waals surface area (Å²) in [6, 6.07) is 5.36. The highest BCUT2D eigenvalue weighted by molar-refractivity contribution is 9.10. The molecule has 5 heteroatoms. The number of benzene rings is 1. The van der Waals surface area contributed by atoms with Gasteiger partial charge in [-0.2, -0.15) is 0 Å². The molecule has 0 aliphatic heterocycles. The van der Waals surface area contributed by atoms with Crippen LogP contribution < -0.4 is 4.74 Å². The van der Waals surface area contributed by atoms with Gasteiger partial charge in [0.1, 0.15) is 12.4 Å². The first-order chi connectivity index (χ1) is 7.33. The van der Waals surface area contributed by atoms with Gasteiger partial charge in [0.25, 0.3) is 0 Å². The second-order valence-electron chi connectivity index (χ2n) is 3.78. The molecule has 1 rings (SSSR count). The number of hydrogen-bond donors (Lipinski definition) is 2. The highest BCUT2D eigenvalue weighted by atomic mass is 79.9. The van der Waals surface area contributed by atoms with E-state index in [-0.39, 0.29) is 6.61 Å². The molecule has 0 radical (unpaired) electrons. The van der Waals surface area contributed by atoms with Crippen LogP contribution in [0.2, 0.25) is 0 Å². The van der Waals surface area contributed by atoms with Crippen LogP contribution in [-0.4, -0.2) is 28.4 Å². The molecule has 0 saturated heterocycles. The summed E-state index contributed by atoms with van der Waals surface area (Å²) < 4.78 is 6.19. The van der Waals surface area contributed by atoms with Gasteiger partial charge >= 0.3 is 5.97 Å². The number of carbonyl (C=O) groups is 1. The van der Waals surface area contributed by atoms with E-state index in [4.69, 9.17) is 9.84 Å². The first kappa shape index (κ1) is 13.0. The van der Waals surface area contributed by atoms with Gasteiger partial charge in [-0.25, -0.2) is 4.79 Å². The molecule has 1 atom stereocenters. The van der Waals surface area contributed by atoms with Gasteiger partial charge in [0.15, 0.2) is 5.60 Å². The van der Waals surface area contributed by atoms with Crippen molar-refractivity contribution in [1.29, 1.82) is 0 Å². The molecule has 0 aromatic heterocycles. The zero-order valence-corrected chi connectivity index (χ0v) is 10.6. The topological polar surface area (TPSA) is 66.8 Å². The van der Waals surface area contributed by atoms with Crippen LogP contribution in [0.3, 0.4) is 0 Å². The summed E-state index contributed by atoms with van der Waals surface area (Å²) in [7, 11) is 0. The van der Waals surface area contributed by atoms with Crippen molar-refractivity contribution in [1.82, 2.24) is 0 Å². The molecule has 0 heterocycles. The molecule has 0 spiro atoms. The Morgan fingerprint density at radius 3 is 2.69 bits per heavy atom. The van der Waals surface area contributed by atoms with Crippen LogP contribution in [-0.2, 0) is 4.79 Å². The van der Waals surface area contributed by atoms with Crippen LogP contribution in [0.4, 0.5) is 0 Å². The highest BCUT2D eigenvalue weighted by Crippen LogP contribution is 2.23. The third-order valence-corrected chi connectivity index (χ3v) is 2.60. The van der Waals surface area contributed by atoms with Crippen molar-refractivity contribution in [3.05, 3.63) is 28.2 Å². The summed E-state index contributed by atoms with van der Waals surface area (Å²) in [5.74, 6) is -0.744. The summed E-state index contributed by atoms with van der Waals surface area (Å²) in [6.45, 7) is 2.75. The molecular weight excluding hydrogens is 276 g/mol. The summed E-state index contributed by atoms with van der Waals surface area (Å²) >= 11 is 3.31. The molecule has 0 aliphatic carbocycles. The smallest absolute Gasteiger partial charge is 0.339 e. The maximum atomic E-state index is 10.6. The second-order valence-corrected chi connectivity index (χ2v) is 4.69. The van der Waals surface area contributed by atoms with E-state index in [1.807, 2.05) is 13.0 Å². The monoisotopic (exact) mass is 288 g/mol. The number of ether oxygens (including phenoxy) is 1. The predicted molar refractivity (Wildman–Crippen MR) is 62.6 cm³/mol. The quantitative estimate of drug-likeness (QED) is 0.889. The van der Waals surface area contributed by atoms with Crippen molar-refractivity contribution >= 4 is 21.9 Å². The number of rotatable bonds is 4. The molecule has 1 unspecified atom stereocenters. The van der Waals surface area contributed by atoms with E-state index in [9.17, 15) is 9.90 Å². The first-order valence-corrected chi connectivity index (χ1v) is 5.47. The van der Waals surface area contributed by atoms with Crippen molar-refractivity contribution in [3.8, 4) is 5.75 Å².